The maximum absolute atomic E-state index is 13.0. The van der Waals surface area contributed by atoms with Crippen molar-refractivity contribution in [2.24, 2.45) is 5.92 Å². The number of amides is 1. The van der Waals surface area contributed by atoms with Crippen LogP contribution < -0.4 is 5.32 Å². The molecule has 1 amide bonds. The Morgan fingerprint density at radius 3 is 2.67 bits per heavy atom. The molecule has 1 aliphatic heterocycles. The van der Waals surface area contributed by atoms with Gasteiger partial charge in [0.1, 0.15) is 0 Å². The lowest BCUT2D eigenvalue weighted by molar-refractivity contribution is -0.138. The highest BCUT2D eigenvalue weighted by Gasteiger charge is 2.30. The summed E-state index contributed by atoms with van der Waals surface area (Å²) >= 11 is 1.96. The largest absolute Gasteiger partial charge is 0.339 e. The molecular formula is C17H32N2OS. The predicted molar refractivity (Wildman–Crippen MR) is 91.8 cm³/mol. The van der Waals surface area contributed by atoms with E-state index in [0.717, 1.165) is 50.4 Å². The summed E-state index contributed by atoms with van der Waals surface area (Å²) in [4.78, 5) is 15.3. The monoisotopic (exact) mass is 312 g/mol. The molecule has 0 radical (unpaired) electrons. The molecule has 21 heavy (non-hydrogen) atoms. The van der Waals surface area contributed by atoms with Crippen LogP contribution in [0.3, 0.4) is 0 Å². The number of thioether (sulfide) groups is 1. The minimum atomic E-state index is 0.272. The fourth-order valence-electron chi connectivity index (χ4n) is 3.67. The average Bonchev–Trinajstić information content (AvgIpc) is 2.81. The standard InChI is InChI=1S/C17H32N2OS/c1-2-21-14-13-19(16-8-4-3-5-9-16)17(20)15-7-6-11-18-12-10-15/h15-16,18H,2-14H2,1H3/t15-/m1/s1. The Morgan fingerprint density at radius 2 is 1.90 bits per heavy atom. The molecule has 4 heteroatoms. The van der Waals surface area contributed by atoms with Crippen molar-refractivity contribution in [1.82, 2.24) is 10.2 Å². The van der Waals surface area contributed by atoms with Gasteiger partial charge in [-0.2, -0.15) is 11.8 Å². The van der Waals surface area contributed by atoms with Gasteiger partial charge in [-0.25, -0.2) is 0 Å². The van der Waals surface area contributed by atoms with E-state index >= 15 is 0 Å². The third-order valence-corrected chi connectivity index (χ3v) is 5.78. The molecule has 2 fully saturated rings. The molecule has 1 saturated heterocycles. The smallest absolute Gasteiger partial charge is 0.226 e. The summed E-state index contributed by atoms with van der Waals surface area (Å²) in [6, 6.07) is 0.528. The summed E-state index contributed by atoms with van der Waals surface area (Å²) in [6.07, 6.45) is 9.69. The van der Waals surface area contributed by atoms with Gasteiger partial charge in [-0.3, -0.25) is 4.79 Å². The van der Waals surface area contributed by atoms with Gasteiger partial charge < -0.3 is 10.2 Å². The topological polar surface area (TPSA) is 32.3 Å². The van der Waals surface area contributed by atoms with E-state index in [1.54, 1.807) is 0 Å². The molecule has 0 spiro atoms. The van der Waals surface area contributed by atoms with Crippen LogP contribution in [0.4, 0.5) is 0 Å². The molecule has 3 nitrogen and oxygen atoms in total. The summed E-state index contributed by atoms with van der Waals surface area (Å²) < 4.78 is 0. The number of carbonyl (C=O) groups excluding carboxylic acids is 1. The number of hydrogen-bond acceptors (Lipinski definition) is 3. The van der Waals surface area contributed by atoms with Crippen molar-refractivity contribution >= 4 is 17.7 Å². The van der Waals surface area contributed by atoms with Crippen LogP contribution in [-0.4, -0.2) is 48.0 Å². The first-order valence-corrected chi connectivity index (χ1v) is 10.1. The molecule has 1 aliphatic carbocycles. The van der Waals surface area contributed by atoms with Crippen molar-refractivity contribution < 1.29 is 4.79 Å². The van der Waals surface area contributed by atoms with Crippen LogP contribution in [0.2, 0.25) is 0 Å². The van der Waals surface area contributed by atoms with Crippen LogP contribution in [0.25, 0.3) is 0 Å². The third kappa shape index (κ3) is 5.48. The lowest BCUT2D eigenvalue weighted by Crippen LogP contribution is -2.45. The van der Waals surface area contributed by atoms with E-state index in [2.05, 4.69) is 17.1 Å². The van der Waals surface area contributed by atoms with Crippen molar-refractivity contribution in [3.8, 4) is 0 Å². The Bertz CT molecular complexity index is 297. The number of nitrogens with one attached hydrogen (secondary N) is 1. The van der Waals surface area contributed by atoms with Gasteiger partial charge in [0.2, 0.25) is 5.91 Å². The molecule has 1 N–H and O–H groups in total. The van der Waals surface area contributed by atoms with E-state index in [-0.39, 0.29) is 5.92 Å². The summed E-state index contributed by atoms with van der Waals surface area (Å²) in [7, 11) is 0. The van der Waals surface area contributed by atoms with Crippen molar-refractivity contribution in [1.29, 1.82) is 0 Å². The minimum Gasteiger partial charge on any atom is -0.339 e. The SMILES string of the molecule is CCSCCN(C(=O)[C@@H]1CCCNCC1)C1CCCCC1. The van der Waals surface area contributed by atoms with E-state index in [1.165, 1.54) is 32.1 Å². The summed E-state index contributed by atoms with van der Waals surface area (Å²) in [5.41, 5.74) is 0. The summed E-state index contributed by atoms with van der Waals surface area (Å²) in [5.74, 6) is 2.99. The molecule has 2 rings (SSSR count). The lowest BCUT2D eigenvalue weighted by atomic mass is 9.92. The Morgan fingerprint density at radius 1 is 1.10 bits per heavy atom. The highest BCUT2D eigenvalue weighted by Crippen LogP contribution is 2.26. The van der Waals surface area contributed by atoms with Crippen LogP contribution in [0.15, 0.2) is 0 Å². The van der Waals surface area contributed by atoms with Crippen LogP contribution in [-0.2, 0) is 4.79 Å². The molecular weight excluding hydrogens is 280 g/mol. The second-order valence-electron chi connectivity index (χ2n) is 6.40. The minimum absolute atomic E-state index is 0.272. The van der Waals surface area contributed by atoms with Gasteiger partial charge in [-0.15, -0.1) is 0 Å². The van der Waals surface area contributed by atoms with Crippen molar-refractivity contribution in [3.63, 3.8) is 0 Å². The summed E-state index contributed by atoms with van der Waals surface area (Å²) in [5, 5.41) is 3.43. The van der Waals surface area contributed by atoms with E-state index < -0.39 is 0 Å². The molecule has 1 saturated carbocycles. The van der Waals surface area contributed by atoms with Crippen LogP contribution >= 0.6 is 11.8 Å². The van der Waals surface area contributed by atoms with E-state index in [1.807, 2.05) is 11.8 Å². The Balaban J connectivity index is 1.95. The third-order valence-electron chi connectivity index (χ3n) is 4.90. The van der Waals surface area contributed by atoms with Crippen LogP contribution in [0, 0.1) is 5.92 Å². The maximum atomic E-state index is 13.0. The molecule has 0 aromatic heterocycles. The van der Waals surface area contributed by atoms with E-state index in [0.29, 0.717) is 11.9 Å². The number of hydrogen-bond donors (Lipinski definition) is 1. The van der Waals surface area contributed by atoms with Crippen molar-refractivity contribution in [2.45, 2.75) is 64.3 Å². The van der Waals surface area contributed by atoms with Crippen LogP contribution in [0.1, 0.15) is 58.3 Å². The Labute approximate surface area is 134 Å². The Hall–Kier alpha value is -0.220. The predicted octanol–water partition coefficient (Wildman–Crippen LogP) is 3.29. The van der Waals surface area contributed by atoms with Crippen LogP contribution in [0.5, 0.6) is 0 Å². The lowest BCUT2D eigenvalue weighted by Gasteiger charge is -2.36. The second-order valence-corrected chi connectivity index (χ2v) is 7.79. The van der Waals surface area contributed by atoms with Gasteiger partial charge in [0.25, 0.3) is 0 Å². The first-order valence-electron chi connectivity index (χ1n) is 8.92. The first kappa shape index (κ1) is 17.1. The normalized spacial score (nSPS) is 24.5. The molecule has 0 unspecified atom stereocenters. The highest BCUT2D eigenvalue weighted by molar-refractivity contribution is 7.99. The first-order chi connectivity index (χ1) is 10.3. The van der Waals surface area contributed by atoms with Crippen molar-refractivity contribution in [2.75, 3.05) is 31.1 Å². The van der Waals surface area contributed by atoms with Crippen molar-refractivity contribution in [3.05, 3.63) is 0 Å². The van der Waals surface area contributed by atoms with Gasteiger partial charge >= 0.3 is 0 Å². The zero-order valence-corrected chi connectivity index (χ0v) is 14.4. The van der Waals surface area contributed by atoms with Gasteiger partial charge in [-0.1, -0.05) is 26.2 Å². The molecule has 0 bridgehead atoms. The Kier molecular flexibility index (Phi) is 7.94. The number of rotatable bonds is 6. The quantitative estimate of drug-likeness (QED) is 0.764. The number of carbonyl (C=O) groups is 1. The zero-order valence-electron chi connectivity index (χ0n) is 13.6. The maximum Gasteiger partial charge on any atom is 0.226 e. The second kappa shape index (κ2) is 9.73. The molecule has 1 atom stereocenters. The fourth-order valence-corrected chi connectivity index (χ4v) is 4.29. The molecule has 2 aliphatic rings. The van der Waals surface area contributed by atoms with Gasteiger partial charge in [0.15, 0.2) is 0 Å². The summed E-state index contributed by atoms with van der Waals surface area (Å²) in [6.45, 7) is 5.26. The van der Waals surface area contributed by atoms with E-state index in [9.17, 15) is 4.79 Å². The van der Waals surface area contributed by atoms with Gasteiger partial charge in [-0.05, 0) is 50.9 Å². The molecule has 1 heterocycles. The van der Waals surface area contributed by atoms with Gasteiger partial charge in [0, 0.05) is 24.3 Å². The van der Waals surface area contributed by atoms with Gasteiger partial charge in [0.05, 0.1) is 0 Å². The highest BCUT2D eigenvalue weighted by atomic mass is 32.2. The molecule has 0 aromatic carbocycles. The molecule has 0 aromatic rings. The fraction of sp³-hybridized carbons (Fsp3) is 0.941. The number of nitrogens with zero attached hydrogens (tertiary/aromatic N) is 1. The van der Waals surface area contributed by atoms with E-state index in [4.69, 9.17) is 0 Å². The molecule has 122 valence electrons. The zero-order chi connectivity index (χ0) is 14.9. The average molecular weight is 313 g/mol.